The molecule has 0 aliphatic rings. The summed E-state index contributed by atoms with van der Waals surface area (Å²) in [7, 11) is -3.90. The van der Waals surface area contributed by atoms with Crippen molar-refractivity contribution in [1.82, 2.24) is 0 Å². The van der Waals surface area contributed by atoms with Crippen LogP contribution in [0.5, 0.6) is 0 Å². The molecule has 0 bridgehead atoms. The highest BCUT2D eigenvalue weighted by molar-refractivity contribution is 7.51. The Kier molecular flexibility index (Phi) is 4.48. The summed E-state index contributed by atoms with van der Waals surface area (Å²) in [5, 5.41) is 0. The topological polar surface area (TPSA) is 83.6 Å². The number of hydrogen-bond donors (Lipinski definition) is 3. The third-order valence-electron chi connectivity index (χ3n) is 2.13. The molecule has 1 atom stereocenters. The monoisotopic (exact) mass is 229 g/mol. The summed E-state index contributed by atoms with van der Waals surface area (Å²) in [6, 6.07) is 9.48. The maximum absolute atomic E-state index is 10.6. The van der Waals surface area contributed by atoms with Crippen LogP contribution in [0, 0.1) is 0 Å². The van der Waals surface area contributed by atoms with E-state index in [1.807, 2.05) is 30.3 Å². The van der Waals surface area contributed by atoms with Crippen LogP contribution in [0.4, 0.5) is 0 Å². The summed E-state index contributed by atoms with van der Waals surface area (Å²) in [6.07, 6.45) is 0.862. The van der Waals surface area contributed by atoms with Crippen molar-refractivity contribution < 1.29 is 14.4 Å². The van der Waals surface area contributed by atoms with Gasteiger partial charge in [0, 0.05) is 6.04 Å². The van der Waals surface area contributed by atoms with Gasteiger partial charge in [0.1, 0.15) is 0 Å². The van der Waals surface area contributed by atoms with Gasteiger partial charge in [-0.3, -0.25) is 4.57 Å². The van der Waals surface area contributed by atoms with Crippen molar-refractivity contribution in [3.8, 4) is 0 Å². The Labute approximate surface area is 89.3 Å². The van der Waals surface area contributed by atoms with E-state index in [2.05, 4.69) is 0 Å². The summed E-state index contributed by atoms with van der Waals surface area (Å²) in [5.74, 6) is 0. The van der Waals surface area contributed by atoms with Crippen molar-refractivity contribution in [2.45, 2.75) is 18.9 Å². The maximum Gasteiger partial charge on any atom is 0.325 e. The summed E-state index contributed by atoms with van der Waals surface area (Å²) >= 11 is 0. The minimum absolute atomic E-state index is 0.138. The van der Waals surface area contributed by atoms with Crippen LogP contribution in [0.1, 0.15) is 12.0 Å². The van der Waals surface area contributed by atoms with Crippen LogP contribution in [0.25, 0.3) is 0 Å². The number of hydrogen-bond acceptors (Lipinski definition) is 2. The van der Waals surface area contributed by atoms with E-state index >= 15 is 0 Å². The second-order valence-electron chi connectivity index (χ2n) is 3.63. The van der Waals surface area contributed by atoms with Crippen LogP contribution >= 0.6 is 7.60 Å². The lowest BCUT2D eigenvalue weighted by atomic mass is 10.1. The highest BCUT2D eigenvalue weighted by atomic mass is 31.2. The molecule has 0 heterocycles. The van der Waals surface area contributed by atoms with Gasteiger partial charge in [0.2, 0.25) is 0 Å². The SMILES string of the molecule is N[C@H](CCP(=O)(O)O)Cc1ccccc1. The largest absolute Gasteiger partial charge is 0.327 e. The summed E-state index contributed by atoms with van der Waals surface area (Å²) < 4.78 is 10.6. The van der Waals surface area contributed by atoms with E-state index in [0.717, 1.165) is 5.56 Å². The molecular weight excluding hydrogens is 213 g/mol. The minimum Gasteiger partial charge on any atom is -0.327 e. The first-order valence-corrected chi connectivity index (χ1v) is 6.61. The molecule has 0 aliphatic carbocycles. The fourth-order valence-corrected chi connectivity index (χ4v) is 2.02. The lowest BCUT2D eigenvalue weighted by molar-refractivity contribution is 0.369. The predicted molar refractivity (Wildman–Crippen MR) is 59.6 cm³/mol. The molecule has 15 heavy (non-hydrogen) atoms. The minimum atomic E-state index is -3.90. The fourth-order valence-electron chi connectivity index (χ4n) is 1.35. The van der Waals surface area contributed by atoms with Gasteiger partial charge in [0.25, 0.3) is 0 Å². The fraction of sp³-hybridized carbons (Fsp3) is 0.400. The van der Waals surface area contributed by atoms with E-state index < -0.39 is 7.60 Å². The molecule has 0 amide bonds. The molecule has 0 unspecified atom stereocenters. The molecule has 1 aromatic rings. The first kappa shape index (κ1) is 12.4. The van der Waals surface area contributed by atoms with E-state index in [9.17, 15) is 4.57 Å². The first-order valence-electron chi connectivity index (χ1n) is 4.81. The lowest BCUT2D eigenvalue weighted by Gasteiger charge is -2.11. The third kappa shape index (κ3) is 5.70. The molecule has 4 nitrogen and oxygen atoms in total. The van der Waals surface area contributed by atoms with Gasteiger partial charge in [0.15, 0.2) is 0 Å². The van der Waals surface area contributed by atoms with Gasteiger partial charge in [-0.1, -0.05) is 30.3 Å². The maximum atomic E-state index is 10.6. The molecule has 4 N–H and O–H groups in total. The van der Waals surface area contributed by atoms with Gasteiger partial charge < -0.3 is 15.5 Å². The van der Waals surface area contributed by atoms with Crippen molar-refractivity contribution >= 4 is 7.60 Å². The van der Waals surface area contributed by atoms with Gasteiger partial charge >= 0.3 is 7.60 Å². The molecule has 0 saturated carbocycles. The van der Waals surface area contributed by atoms with E-state index in [0.29, 0.717) is 12.8 Å². The molecule has 0 aliphatic heterocycles. The van der Waals surface area contributed by atoms with Crippen LogP contribution in [0.15, 0.2) is 30.3 Å². The average molecular weight is 229 g/mol. The zero-order chi connectivity index (χ0) is 11.3. The molecule has 0 aromatic heterocycles. The first-order chi connectivity index (χ1) is 6.97. The standard InChI is InChI=1S/C10H16NO3P/c11-10(6-7-15(12,13)14)8-9-4-2-1-3-5-9/h1-5,10H,6-8,11H2,(H2,12,13,14)/t10-/m1/s1. The smallest absolute Gasteiger partial charge is 0.325 e. The van der Waals surface area contributed by atoms with E-state index in [1.54, 1.807) is 0 Å². The van der Waals surface area contributed by atoms with Crippen molar-refractivity contribution in [2.75, 3.05) is 6.16 Å². The molecule has 0 radical (unpaired) electrons. The van der Waals surface area contributed by atoms with Crippen molar-refractivity contribution in [3.63, 3.8) is 0 Å². The number of nitrogens with two attached hydrogens (primary N) is 1. The van der Waals surface area contributed by atoms with Gasteiger partial charge in [-0.25, -0.2) is 0 Å². The zero-order valence-corrected chi connectivity index (χ0v) is 9.31. The molecule has 5 heteroatoms. The van der Waals surface area contributed by atoms with Crippen molar-refractivity contribution in [3.05, 3.63) is 35.9 Å². The van der Waals surface area contributed by atoms with Crippen molar-refractivity contribution in [2.24, 2.45) is 5.73 Å². The molecular formula is C10H16NO3P. The van der Waals surface area contributed by atoms with Crippen molar-refractivity contribution in [1.29, 1.82) is 0 Å². The summed E-state index contributed by atoms with van der Waals surface area (Å²) in [4.78, 5) is 17.4. The van der Waals surface area contributed by atoms with E-state index in [1.165, 1.54) is 0 Å². The Morgan fingerprint density at radius 3 is 2.40 bits per heavy atom. The zero-order valence-electron chi connectivity index (χ0n) is 8.41. The highest BCUT2D eigenvalue weighted by Crippen LogP contribution is 2.35. The Balaban J connectivity index is 2.37. The van der Waals surface area contributed by atoms with Crippen LogP contribution in [0.3, 0.4) is 0 Å². The van der Waals surface area contributed by atoms with Gasteiger partial charge in [-0.05, 0) is 18.4 Å². The van der Waals surface area contributed by atoms with Crippen LogP contribution in [-0.4, -0.2) is 22.0 Å². The number of rotatable bonds is 5. The van der Waals surface area contributed by atoms with E-state index in [-0.39, 0.29) is 12.2 Å². The summed E-state index contributed by atoms with van der Waals surface area (Å²) in [6.45, 7) is 0. The van der Waals surface area contributed by atoms with E-state index in [4.69, 9.17) is 15.5 Å². The molecule has 0 saturated heterocycles. The summed E-state index contributed by atoms with van der Waals surface area (Å²) in [5.41, 5.74) is 6.86. The normalized spacial score (nSPS) is 13.8. The quantitative estimate of drug-likeness (QED) is 0.661. The van der Waals surface area contributed by atoms with Gasteiger partial charge in [0.05, 0.1) is 6.16 Å². The Hall–Kier alpha value is -0.670. The van der Waals surface area contributed by atoms with Crippen LogP contribution in [0.2, 0.25) is 0 Å². The lowest BCUT2D eigenvalue weighted by Crippen LogP contribution is -2.24. The van der Waals surface area contributed by atoms with Crippen LogP contribution in [-0.2, 0) is 11.0 Å². The Bertz CT molecular complexity index is 336. The molecule has 1 aromatic carbocycles. The predicted octanol–water partition coefficient (Wildman–Crippen LogP) is 1.12. The molecule has 0 spiro atoms. The Morgan fingerprint density at radius 2 is 1.87 bits per heavy atom. The van der Waals surface area contributed by atoms with Crippen LogP contribution < -0.4 is 5.73 Å². The number of benzene rings is 1. The second-order valence-corrected chi connectivity index (χ2v) is 5.40. The average Bonchev–Trinajstić information content (AvgIpc) is 2.15. The Morgan fingerprint density at radius 1 is 1.27 bits per heavy atom. The molecule has 1 rings (SSSR count). The third-order valence-corrected chi connectivity index (χ3v) is 2.97. The molecule has 84 valence electrons. The second kappa shape index (κ2) is 5.42. The van der Waals surface area contributed by atoms with Gasteiger partial charge in [-0.15, -0.1) is 0 Å². The van der Waals surface area contributed by atoms with Gasteiger partial charge in [-0.2, -0.15) is 0 Å². The molecule has 0 fully saturated rings. The highest BCUT2D eigenvalue weighted by Gasteiger charge is 2.15.